The van der Waals surface area contributed by atoms with Crippen molar-refractivity contribution >= 4 is 38.7 Å². The zero-order valence-corrected chi connectivity index (χ0v) is 13.0. The topological polar surface area (TPSA) is 41.6 Å². The molecule has 0 saturated heterocycles. The summed E-state index contributed by atoms with van der Waals surface area (Å²) in [7, 11) is 0. The van der Waals surface area contributed by atoms with Gasteiger partial charge in [0.15, 0.2) is 5.16 Å². The van der Waals surface area contributed by atoms with Gasteiger partial charge in [0.25, 0.3) is 0 Å². The number of hydrogen-bond donors (Lipinski definition) is 1. The van der Waals surface area contributed by atoms with Crippen LogP contribution in [-0.4, -0.2) is 15.0 Å². The van der Waals surface area contributed by atoms with Gasteiger partial charge in [-0.05, 0) is 70.9 Å². The van der Waals surface area contributed by atoms with Crippen molar-refractivity contribution in [2.75, 3.05) is 0 Å². The predicted octanol–water partition coefficient (Wildman–Crippen LogP) is 4.49. The molecule has 0 saturated carbocycles. The molecule has 2 heterocycles. The molecule has 2 aromatic heterocycles. The Hall–Kier alpha value is -1.33. The fraction of sp³-hybridized carbons (Fsp3) is 0.143. The molecule has 1 aromatic carbocycles. The van der Waals surface area contributed by atoms with Crippen LogP contribution >= 0.6 is 27.7 Å². The summed E-state index contributed by atoms with van der Waals surface area (Å²) < 4.78 is 1.02. The molecule has 0 radical (unpaired) electrons. The first-order valence-corrected chi connectivity index (χ1v) is 7.50. The molecule has 96 valence electrons. The van der Waals surface area contributed by atoms with Crippen LogP contribution in [0.15, 0.2) is 45.1 Å². The lowest BCUT2D eigenvalue weighted by atomic mass is 10.2. The zero-order valence-electron chi connectivity index (χ0n) is 10.6. The Morgan fingerprint density at radius 1 is 1.21 bits per heavy atom. The van der Waals surface area contributed by atoms with E-state index in [0.29, 0.717) is 0 Å². The molecular weight excluding hydrogens is 322 g/mol. The maximum Gasteiger partial charge on any atom is 0.172 e. The largest absolute Gasteiger partial charge is 0.333 e. The summed E-state index contributed by atoms with van der Waals surface area (Å²) in [5.41, 5.74) is 4.44. The van der Waals surface area contributed by atoms with Crippen LogP contribution in [0, 0.1) is 13.8 Å². The Morgan fingerprint density at radius 3 is 2.89 bits per heavy atom. The summed E-state index contributed by atoms with van der Waals surface area (Å²) in [6.45, 7) is 4.13. The quantitative estimate of drug-likeness (QED) is 0.751. The number of rotatable bonds is 2. The van der Waals surface area contributed by atoms with Crippen LogP contribution < -0.4 is 0 Å². The molecule has 5 heteroatoms. The van der Waals surface area contributed by atoms with Crippen LogP contribution in [0.2, 0.25) is 0 Å². The monoisotopic (exact) mass is 333 g/mol. The van der Waals surface area contributed by atoms with Gasteiger partial charge in [-0.15, -0.1) is 0 Å². The van der Waals surface area contributed by atoms with E-state index in [-0.39, 0.29) is 0 Å². The Bertz CT molecular complexity index is 752. The maximum atomic E-state index is 4.57. The number of fused-ring (bicyclic) bond motifs is 1. The van der Waals surface area contributed by atoms with Gasteiger partial charge in [0.2, 0.25) is 0 Å². The molecule has 1 N–H and O–H groups in total. The molecular formula is C14H12BrN3S. The molecule has 3 rings (SSSR count). The van der Waals surface area contributed by atoms with Crippen LogP contribution in [-0.2, 0) is 0 Å². The minimum absolute atomic E-state index is 0.861. The van der Waals surface area contributed by atoms with Gasteiger partial charge in [0.05, 0.1) is 15.5 Å². The summed E-state index contributed by atoms with van der Waals surface area (Å²) in [5.74, 6) is 0. The first kappa shape index (κ1) is 12.7. The van der Waals surface area contributed by atoms with Gasteiger partial charge in [-0.2, -0.15) is 0 Å². The number of nitrogens with zero attached hydrogens (tertiary/aromatic N) is 2. The molecule has 19 heavy (non-hydrogen) atoms. The summed E-state index contributed by atoms with van der Waals surface area (Å²) in [6, 6.07) is 8.18. The number of aromatic amines is 1. The molecule has 3 aromatic rings. The van der Waals surface area contributed by atoms with E-state index in [1.807, 2.05) is 18.3 Å². The van der Waals surface area contributed by atoms with E-state index in [0.717, 1.165) is 25.7 Å². The number of hydrogen-bond acceptors (Lipinski definition) is 3. The number of aryl methyl sites for hydroxylation is 2. The van der Waals surface area contributed by atoms with E-state index in [1.165, 1.54) is 22.9 Å². The lowest BCUT2D eigenvalue weighted by Crippen LogP contribution is -1.85. The number of nitrogens with one attached hydrogen (secondary N) is 1. The second-order valence-electron chi connectivity index (χ2n) is 4.41. The van der Waals surface area contributed by atoms with Crippen LogP contribution in [0.3, 0.4) is 0 Å². The Balaban J connectivity index is 1.99. The molecule has 0 aliphatic heterocycles. The molecule has 0 bridgehead atoms. The van der Waals surface area contributed by atoms with E-state index in [4.69, 9.17) is 0 Å². The van der Waals surface area contributed by atoms with Gasteiger partial charge in [-0.3, -0.25) is 0 Å². The number of H-pyrrole nitrogens is 1. The van der Waals surface area contributed by atoms with Gasteiger partial charge >= 0.3 is 0 Å². The molecule has 0 amide bonds. The summed E-state index contributed by atoms with van der Waals surface area (Å²) >= 11 is 5.10. The third kappa shape index (κ3) is 2.53. The van der Waals surface area contributed by atoms with Gasteiger partial charge < -0.3 is 4.98 Å². The second kappa shape index (κ2) is 4.98. The molecule has 0 spiro atoms. The highest BCUT2D eigenvalue weighted by atomic mass is 79.9. The molecule has 0 unspecified atom stereocenters. The first-order chi connectivity index (χ1) is 9.13. The van der Waals surface area contributed by atoms with Crippen LogP contribution in [0.5, 0.6) is 0 Å². The number of benzene rings is 1. The summed E-state index contributed by atoms with van der Waals surface area (Å²) in [5, 5.41) is 1.79. The van der Waals surface area contributed by atoms with Crippen LogP contribution in [0.4, 0.5) is 0 Å². The number of aromatic nitrogens is 3. The van der Waals surface area contributed by atoms with E-state index >= 15 is 0 Å². The number of pyridine rings is 1. The standard InChI is InChI=1S/C14H12BrN3S/c1-8-3-4-10-11(7-8)18-14(17-10)19-13-12(15)9(2)5-6-16-13/h3-7H,1-2H3,(H,17,18). The SMILES string of the molecule is Cc1ccc2nc(Sc3nccc(C)c3Br)[nH]c2c1. The number of imidazole rings is 1. The minimum atomic E-state index is 0.861. The van der Waals surface area contributed by atoms with Gasteiger partial charge in [-0.25, -0.2) is 9.97 Å². The maximum absolute atomic E-state index is 4.57. The normalized spacial score (nSPS) is 11.1. The Morgan fingerprint density at radius 2 is 2.05 bits per heavy atom. The van der Waals surface area contributed by atoms with E-state index in [9.17, 15) is 0 Å². The molecule has 0 fully saturated rings. The van der Waals surface area contributed by atoms with E-state index < -0.39 is 0 Å². The third-order valence-electron chi connectivity index (χ3n) is 2.86. The summed E-state index contributed by atoms with van der Waals surface area (Å²) in [4.78, 5) is 12.3. The third-order valence-corrected chi connectivity index (χ3v) is 5.01. The second-order valence-corrected chi connectivity index (χ2v) is 6.18. The van der Waals surface area contributed by atoms with Gasteiger partial charge in [-0.1, -0.05) is 6.07 Å². The highest BCUT2D eigenvalue weighted by molar-refractivity contribution is 9.10. The Labute approximate surface area is 124 Å². The fourth-order valence-electron chi connectivity index (χ4n) is 1.83. The van der Waals surface area contributed by atoms with Crippen molar-refractivity contribution in [3.05, 3.63) is 46.1 Å². The van der Waals surface area contributed by atoms with Crippen molar-refractivity contribution in [2.24, 2.45) is 0 Å². The van der Waals surface area contributed by atoms with Gasteiger partial charge in [0, 0.05) is 6.20 Å². The Kier molecular flexibility index (Phi) is 3.33. The zero-order chi connectivity index (χ0) is 13.4. The van der Waals surface area contributed by atoms with Crippen molar-refractivity contribution in [1.82, 2.24) is 15.0 Å². The first-order valence-electron chi connectivity index (χ1n) is 5.89. The predicted molar refractivity (Wildman–Crippen MR) is 81.6 cm³/mol. The smallest absolute Gasteiger partial charge is 0.172 e. The fourth-order valence-corrected chi connectivity index (χ4v) is 3.16. The number of halogens is 1. The van der Waals surface area contributed by atoms with Crippen LogP contribution in [0.25, 0.3) is 11.0 Å². The van der Waals surface area contributed by atoms with E-state index in [1.54, 1.807) is 0 Å². The summed E-state index contributed by atoms with van der Waals surface area (Å²) in [6.07, 6.45) is 1.81. The molecule has 0 aliphatic rings. The van der Waals surface area contributed by atoms with Crippen molar-refractivity contribution in [2.45, 2.75) is 24.0 Å². The van der Waals surface area contributed by atoms with Crippen LogP contribution in [0.1, 0.15) is 11.1 Å². The van der Waals surface area contributed by atoms with Crippen molar-refractivity contribution in [3.63, 3.8) is 0 Å². The molecule has 0 atom stereocenters. The highest BCUT2D eigenvalue weighted by Gasteiger charge is 2.09. The molecule has 0 aliphatic carbocycles. The van der Waals surface area contributed by atoms with Crippen molar-refractivity contribution in [3.8, 4) is 0 Å². The average molecular weight is 334 g/mol. The van der Waals surface area contributed by atoms with E-state index in [2.05, 4.69) is 56.9 Å². The average Bonchev–Trinajstić information content (AvgIpc) is 2.76. The van der Waals surface area contributed by atoms with Crippen molar-refractivity contribution < 1.29 is 0 Å². The molecule has 3 nitrogen and oxygen atoms in total. The lowest BCUT2D eigenvalue weighted by molar-refractivity contribution is 1.04. The van der Waals surface area contributed by atoms with Crippen molar-refractivity contribution in [1.29, 1.82) is 0 Å². The lowest BCUT2D eigenvalue weighted by Gasteiger charge is -2.02. The minimum Gasteiger partial charge on any atom is -0.333 e. The highest BCUT2D eigenvalue weighted by Crippen LogP contribution is 2.32. The van der Waals surface area contributed by atoms with Gasteiger partial charge in [0.1, 0.15) is 5.03 Å².